The van der Waals surface area contributed by atoms with Gasteiger partial charge in [0.2, 0.25) is 0 Å². The molecule has 0 saturated heterocycles. The van der Waals surface area contributed by atoms with Gasteiger partial charge in [0, 0.05) is 24.3 Å². The van der Waals surface area contributed by atoms with Crippen molar-refractivity contribution < 1.29 is 0 Å². The van der Waals surface area contributed by atoms with Crippen molar-refractivity contribution in [3.63, 3.8) is 0 Å². The lowest BCUT2D eigenvalue weighted by Gasteiger charge is -2.06. The average Bonchev–Trinajstić information content (AvgIpc) is 2.52. The third kappa shape index (κ3) is 3.22. The van der Waals surface area contributed by atoms with Crippen LogP contribution in [0.5, 0.6) is 0 Å². The highest BCUT2D eigenvalue weighted by Crippen LogP contribution is 2.14. The second kappa shape index (κ2) is 6.31. The molecule has 20 heavy (non-hydrogen) atoms. The van der Waals surface area contributed by atoms with Crippen molar-refractivity contribution in [2.24, 2.45) is 0 Å². The number of benzene rings is 2. The number of nitrogens with one attached hydrogen (secondary N) is 1. The number of hydrogen-bond acceptors (Lipinski definition) is 2. The summed E-state index contributed by atoms with van der Waals surface area (Å²) in [4.78, 5) is 4.14. The van der Waals surface area contributed by atoms with Crippen molar-refractivity contribution in [3.05, 3.63) is 78.1 Å². The minimum atomic E-state index is 0.908. The summed E-state index contributed by atoms with van der Waals surface area (Å²) in [6.07, 6.45) is 4.81. The number of pyridine rings is 1. The third-order valence-corrected chi connectivity index (χ3v) is 3.47. The first-order valence-electron chi connectivity index (χ1n) is 6.99. The predicted molar refractivity (Wildman–Crippen MR) is 83.6 cm³/mol. The van der Waals surface area contributed by atoms with E-state index < -0.39 is 0 Å². The molecule has 0 bridgehead atoms. The Balaban J connectivity index is 1.55. The molecular weight excluding hydrogens is 244 g/mol. The third-order valence-electron chi connectivity index (χ3n) is 3.47. The second-order valence-electron chi connectivity index (χ2n) is 4.97. The molecule has 100 valence electrons. The quantitative estimate of drug-likeness (QED) is 0.711. The van der Waals surface area contributed by atoms with Crippen LogP contribution in [0.15, 0.2) is 67.0 Å². The van der Waals surface area contributed by atoms with Crippen LogP contribution in [-0.4, -0.2) is 11.5 Å². The van der Waals surface area contributed by atoms with Crippen molar-refractivity contribution in [2.75, 3.05) is 6.54 Å². The van der Waals surface area contributed by atoms with Gasteiger partial charge >= 0.3 is 0 Å². The molecule has 0 fully saturated rings. The lowest BCUT2D eigenvalue weighted by atomic mass is 10.1. The molecule has 1 N–H and O–H groups in total. The van der Waals surface area contributed by atoms with Gasteiger partial charge in [-0.05, 0) is 41.6 Å². The smallest absolute Gasteiger partial charge is 0.0346 e. The zero-order valence-electron chi connectivity index (χ0n) is 11.4. The van der Waals surface area contributed by atoms with Crippen LogP contribution in [0.3, 0.4) is 0 Å². The molecule has 0 saturated carbocycles. The maximum absolute atomic E-state index is 4.14. The van der Waals surface area contributed by atoms with Crippen molar-refractivity contribution in [2.45, 2.75) is 13.0 Å². The molecule has 3 rings (SSSR count). The van der Waals surface area contributed by atoms with Gasteiger partial charge in [-0.3, -0.25) is 4.98 Å². The monoisotopic (exact) mass is 262 g/mol. The van der Waals surface area contributed by atoms with Crippen LogP contribution in [0.1, 0.15) is 11.1 Å². The molecule has 0 aliphatic rings. The summed E-state index contributed by atoms with van der Waals surface area (Å²) in [6, 6.07) is 19.2. The largest absolute Gasteiger partial charge is 0.312 e. The van der Waals surface area contributed by atoms with E-state index in [0.29, 0.717) is 0 Å². The fourth-order valence-electron chi connectivity index (χ4n) is 2.35. The van der Waals surface area contributed by atoms with Crippen molar-refractivity contribution >= 4 is 10.8 Å². The number of hydrogen-bond donors (Lipinski definition) is 1. The Morgan fingerprint density at radius 2 is 1.75 bits per heavy atom. The first-order valence-corrected chi connectivity index (χ1v) is 6.99. The van der Waals surface area contributed by atoms with E-state index >= 15 is 0 Å². The molecule has 2 nitrogen and oxygen atoms in total. The first kappa shape index (κ1) is 12.8. The molecule has 0 amide bonds. The van der Waals surface area contributed by atoms with Crippen molar-refractivity contribution in [3.8, 4) is 0 Å². The van der Waals surface area contributed by atoms with Crippen LogP contribution in [0, 0.1) is 0 Å². The van der Waals surface area contributed by atoms with Gasteiger partial charge in [-0.25, -0.2) is 0 Å². The van der Waals surface area contributed by atoms with Crippen LogP contribution in [-0.2, 0) is 13.0 Å². The highest BCUT2D eigenvalue weighted by Gasteiger charge is 1.97. The highest BCUT2D eigenvalue weighted by atomic mass is 14.8. The molecule has 0 unspecified atom stereocenters. The van der Waals surface area contributed by atoms with Gasteiger partial charge in [0.15, 0.2) is 0 Å². The van der Waals surface area contributed by atoms with E-state index in [0.717, 1.165) is 19.5 Å². The minimum absolute atomic E-state index is 0.908. The second-order valence-corrected chi connectivity index (χ2v) is 4.97. The maximum atomic E-state index is 4.14. The summed E-state index contributed by atoms with van der Waals surface area (Å²) in [5.74, 6) is 0. The van der Waals surface area contributed by atoms with Gasteiger partial charge < -0.3 is 5.32 Å². The topological polar surface area (TPSA) is 24.9 Å². The van der Waals surface area contributed by atoms with Crippen LogP contribution in [0.25, 0.3) is 10.8 Å². The molecule has 0 radical (unpaired) electrons. The minimum Gasteiger partial charge on any atom is -0.312 e. The SMILES string of the molecule is c1ccc(CCNCc2ccc3cnccc3c2)cc1. The summed E-state index contributed by atoms with van der Waals surface area (Å²) < 4.78 is 0. The zero-order valence-corrected chi connectivity index (χ0v) is 11.4. The maximum Gasteiger partial charge on any atom is 0.0346 e. The fraction of sp³-hybridized carbons (Fsp3) is 0.167. The fourth-order valence-corrected chi connectivity index (χ4v) is 2.35. The van der Waals surface area contributed by atoms with Crippen molar-refractivity contribution in [1.29, 1.82) is 0 Å². The van der Waals surface area contributed by atoms with Crippen LogP contribution in [0.4, 0.5) is 0 Å². The van der Waals surface area contributed by atoms with Gasteiger partial charge in [-0.2, -0.15) is 0 Å². The number of fused-ring (bicyclic) bond motifs is 1. The van der Waals surface area contributed by atoms with Gasteiger partial charge in [-0.15, -0.1) is 0 Å². The molecule has 0 aliphatic heterocycles. The summed E-state index contributed by atoms with van der Waals surface area (Å²) in [7, 11) is 0. The predicted octanol–water partition coefficient (Wildman–Crippen LogP) is 3.57. The first-order chi connectivity index (χ1) is 9.92. The van der Waals surface area contributed by atoms with Gasteiger partial charge in [0.05, 0.1) is 0 Å². The van der Waals surface area contributed by atoms with Crippen LogP contribution >= 0.6 is 0 Å². The Labute approximate surface area is 119 Å². The van der Waals surface area contributed by atoms with E-state index in [4.69, 9.17) is 0 Å². The van der Waals surface area contributed by atoms with E-state index in [1.165, 1.54) is 21.9 Å². The molecule has 3 aromatic rings. The normalized spacial score (nSPS) is 10.8. The Morgan fingerprint density at radius 1 is 0.850 bits per heavy atom. The molecule has 0 spiro atoms. The summed E-state index contributed by atoms with van der Waals surface area (Å²) in [6.45, 7) is 1.91. The lowest BCUT2D eigenvalue weighted by molar-refractivity contribution is 0.687. The van der Waals surface area contributed by atoms with Crippen LogP contribution < -0.4 is 5.32 Å². The van der Waals surface area contributed by atoms with Gasteiger partial charge in [-0.1, -0.05) is 42.5 Å². The average molecular weight is 262 g/mol. The Hall–Kier alpha value is -2.19. The van der Waals surface area contributed by atoms with Gasteiger partial charge in [0.1, 0.15) is 0 Å². The van der Waals surface area contributed by atoms with E-state index in [9.17, 15) is 0 Å². The Morgan fingerprint density at radius 3 is 2.65 bits per heavy atom. The zero-order chi connectivity index (χ0) is 13.6. The molecule has 2 heteroatoms. The van der Waals surface area contributed by atoms with Crippen molar-refractivity contribution in [1.82, 2.24) is 10.3 Å². The van der Waals surface area contributed by atoms with E-state index in [1.54, 1.807) is 0 Å². The van der Waals surface area contributed by atoms with Crippen LogP contribution in [0.2, 0.25) is 0 Å². The Bertz CT molecular complexity index is 677. The standard InChI is InChI=1S/C18H18N2/c1-2-4-15(5-3-1)8-10-19-13-16-6-7-18-14-20-11-9-17(18)12-16/h1-7,9,11-12,14,19H,8,10,13H2. The summed E-state index contributed by atoms with van der Waals surface area (Å²) in [5.41, 5.74) is 2.70. The molecule has 2 aromatic carbocycles. The van der Waals surface area contributed by atoms with E-state index in [2.05, 4.69) is 64.9 Å². The summed E-state index contributed by atoms with van der Waals surface area (Å²) >= 11 is 0. The number of rotatable bonds is 5. The van der Waals surface area contributed by atoms with E-state index in [1.807, 2.05) is 12.4 Å². The molecule has 0 aliphatic carbocycles. The summed E-state index contributed by atoms with van der Waals surface area (Å²) in [5, 5.41) is 5.95. The number of nitrogens with zero attached hydrogens (tertiary/aromatic N) is 1. The molecule has 1 heterocycles. The molecule has 0 atom stereocenters. The lowest BCUT2D eigenvalue weighted by Crippen LogP contribution is -2.16. The molecular formula is C18H18N2. The number of aromatic nitrogens is 1. The van der Waals surface area contributed by atoms with Gasteiger partial charge in [0.25, 0.3) is 0 Å². The van der Waals surface area contributed by atoms with E-state index in [-0.39, 0.29) is 0 Å². The Kier molecular flexibility index (Phi) is 4.04. The molecule has 1 aromatic heterocycles. The highest BCUT2D eigenvalue weighted by molar-refractivity contribution is 5.81.